The summed E-state index contributed by atoms with van der Waals surface area (Å²) in [6.07, 6.45) is 6.18. The number of hydrogen-bond acceptors (Lipinski definition) is 4. The quantitative estimate of drug-likeness (QED) is 0.921. The highest BCUT2D eigenvalue weighted by Gasteiger charge is 2.29. The number of anilines is 1. The molecule has 1 aliphatic rings. The summed E-state index contributed by atoms with van der Waals surface area (Å²) < 4.78 is 5.67. The van der Waals surface area contributed by atoms with Crippen molar-refractivity contribution in [2.45, 2.75) is 38.8 Å². The minimum Gasteiger partial charge on any atom is -0.465 e. The molecule has 0 saturated carbocycles. The van der Waals surface area contributed by atoms with Gasteiger partial charge >= 0.3 is 0 Å². The third-order valence-corrected chi connectivity index (χ3v) is 3.98. The van der Waals surface area contributed by atoms with Crippen LogP contribution >= 0.6 is 0 Å². The molecule has 1 saturated heterocycles. The Morgan fingerprint density at radius 2 is 2.23 bits per heavy atom. The van der Waals surface area contributed by atoms with Crippen molar-refractivity contribution in [1.29, 1.82) is 0 Å². The first kappa shape index (κ1) is 14.8. The van der Waals surface area contributed by atoms with Crippen molar-refractivity contribution in [2.75, 3.05) is 11.4 Å². The van der Waals surface area contributed by atoms with Gasteiger partial charge in [0.05, 0.1) is 24.5 Å². The summed E-state index contributed by atoms with van der Waals surface area (Å²) in [6.45, 7) is 3.40. The van der Waals surface area contributed by atoms with Crippen molar-refractivity contribution in [2.24, 2.45) is 0 Å². The van der Waals surface area contributed by atoms with E-state index in [0.717, 1.165) is 43.0 Å². The zero-order valence-corrected chi connectivity index (χ0v) is 12.8. The SMILES string of the molecule is CCc1ccc(CN[C@@H]2CCCN(c3cccnc3)C2=O)o1. The molecule has 1 aliphatic heterocycles. The molecule has 0 aliphatic carbocycles. The number of nitrogens with zero attached hydrogens (tertiary/aromatic N) is 2. The molecule has 1 amide bonds. The van der Waals surface area contributed by atoms with Gasteiger partial charge in [-0.15, -0.1) is 0 Å². The maximum Gasteiger partial charge on any atom is 0.244 e. The van der Waals surface area contributed by atoms with E-state index in [4.69, 9.17) is 4.42 Å². The molecule has 0 unspecified atom stereocenters. The van der Waals surface area contributed by atoms with Gasteiger partial charge in [0, 0.05) is 19.2 Å². The average Bonchev–Trinajstić information content (AvgIpc) is 3.03. The van der Waals surface area contributed by atoms with Gasteiger partial charge < -0.3 is 9.32 Å². The third-order valence-electron chi connectivity index (χ3n) is 3.98. The summed E-state index contributed by atoms with van der Waals surface area (Å²) >= 11 is 0. The van der Waals surface area contributed by atoms with Crippen LogP contribution in [-0.4, -0.2) is 23.5 Å². The molecular weight excluding hydrogens is 278 g/mol. The van der Waals surface area contributed by atoms with Crippen LogP contribution < -0.4 is 10.2 Å². The smallest absolute Gasteiger partial charge is 0.244 e. The normalized spacial score (nSPS) is 18.7. The second-order valence-corrected chi connectivity index (χ2v) is 5.50. The highest BCUT2D eigenvalue weighted by molar-refractivity contribution is 5.97. The van der Waals surface area contributed by atoms with Crippen LogP contribution in [0.25, 0.3) is 0 Å². The number of carbonyl (C=O) groups is 1. The van der Waals surface area contributed by atoms with Crippen molar-refractivity contribution in [3.05, 3.63) is 48.2 Å². The summed E-state index contributed by atoms with van der Waals surface area (Å²) in [4.78, 5) is 18.5. The number of furan rings is 1. The van der Waals surface area contributed by atoms with Crippen LogP contribution in [0.2, 0.25) is 0 Å². The molecule has 1 fully saturated rings. The lowest BCUT2D eigenvalue weighted by Crippen LogP contribution is -2.50. The van der Waals surface area contributed by atoms with Gasteiger partial charge in [-0.3, -0.25) is 15.1 Å². The van der Waals surface area contributed by atoms with E-state index in [1.807, 2.05) is 29.2 Å². The third kappa shape index (κ3) is 3.20. The molecule has 116 valence electrons. The fraction of sp³-hybridized carbons (Fsp3) is 0.412. The Labute approximate surface area is 130 Å². The number of hydrogen-bond donors (Lipinski definition) is 1. The first-order valence-corrected chi connectivity index (χ1v) is 7.80. The topological polar surface area (TPSA) is 58.4 Å². The van der Waals surface area contributed by atoms with E-state index in [1.165, 1.54) is 0 Å². The number of amides is 1. The van der Waals surface area contributed by atoms with Crippen LogP contribution in [0.5, 0.6) is 0 Å². The van der Waals surface area contributed by atoms with E-state index in [2.05, 4.69) is 17.2 Å². The molecule has 2 aromatic rings. The number of rotatable bonds is 5. The molecule has 5 nitrogen and oxygen atoms in total. The van der Waals surface area contributed by atoms with Crippen LogP contribution in [0, 0.1) is 0 Å². The summed E-state index contributed by atoms with van der Waals surface area (Å²) in [5, 5.41) is 3.32. The number of carbonyl (C=O) groups excluding carboxylic acids is 1. The molecule has 0 aromatic carbocycles. The van der Waals surface area contributed by atoms with Gasteiger partial charge in [0.1, 0.15) is 11.5 Å². The van der Waals surface area contributed by atoms with Crippen molar-refractivity contribution in [3.8, 4) is 0 Å². The number of pyridine rings is 1. The molecule has 3 heterocycles. The lowest BCUT2D eigenvalue weighted by Gasteiger charge is -2.32. The summed E-state index contributed by atoms with van der Waals surface area (Å²) in [5.74, 6) is 1.97. The van der Waals surface area contributed by atoms with Crippen LogP contribution in [0.1, 0.15) is 31.3 Å². The molecular formula is C17H21N3O2. The van der Waals surface area contributed by atoms with Crippen LogP contribution in [0.4, 0.5) is 5.69 Å². The zero-order valence-electron chi connectivity index (χ0n) is 12.8. The predicted octanol–water partition coefficient (Wildman–Crippen LogP) is 2.52. The van der Waals surface area contributed by atoms with Crippen LogP contribution in [-0.2, 0) is 17.8 Å². The van der Waals surface area contributed by atoms with Crippen molar-refractivity contribution in [1.82, 2.24) is 10.3 Å². The Morgan fingerprint density at radius 1 is 1.36 bits per heavy atom. The lowest BCUT2D eigenvalue weighted by molar-refractivity contribution is -0.121. The van der Waals surface area contributed by atoms with E-state index in [0.29, 0.717) is 6.54 Å². The largest absolute Gasteiger partial charge is 0.465 e. The lowest BCUT2D eigenvalue weighted by atomic mass is 10.0. The van der Waals surface area contributed by atoms with Gasteiger partial charge in [-0.1, -0.05) is 6.92 Å². The second kappa shape index (κ2) is 6.75. The summed E-state index contributed by atoms with van der Waals surface area (Å²) in [7, 11) is 0. The first-order valence-electron chi connectivity index (χ1n) is 7.80. The maximum absolute atomic E-state index is 12.6. The van der Waals surface area contributed by atoms with Gasteiger partial charge in [0.25, 0.3) is 0 Å². The van der Waals surface area contributed by atoms with Gasteiger partial charge in [-0.2, -0.15) is 0 Å². The van der Waals surface area contributed by atoms with E-state index in [1.54, 1.807) is 12.4 Å². The minimum absolute atomic E-state index is 0.113. The first-order chi connectivity index (χ1) is 10.8. The number of piperidine rings is 1. The summed E-state index contributed by atoms with van der Waals surface area (Å²) in [6, 6.07) is 7.58. The molecule has 3 rings (SSSR count). The maximum atomic E-state index is 12.6. The Bertz CT molecular complexity index is 624. The molecule has 5 heteroatoms. The van der Waals surface area contributed by atoms with Gasteiger partial charge in [-0.05, 0) is 37.1 Å². The van der Waals surface area contributed by atoms with E-state index in [-0.39, 0.29) is 11.9 Å². The van der Waals surface area contributed by atoms with E-state index in [9.17, 15) is 4.79 Å². The highest BCUT2D eigenvalue weighted by atomic mass is 16.3. The minimum atomic E-state index is -0.163. The average molecular weight is 299 g/mol. The molecule has 2 aromatic heterocycles. The van der Waals surface area contributed by atoms with Gasteiger partial charge in [-0.25, -0.2) is 0 Å². The Morgan fingerprint density at radius 3 is 2.95 bits per heavy atom. The van der Waals surface area contributed by atoms with E-state index < -0.39 is 0 Å². The number of aromatic nitrogens is 1. The molecule has 1 atom stereocenters. The number of nitrogens with one attached hydrogen (secondary N) is 1. The molecule has 0 spiro atoms. The van der Waals surface area contributed by atoms with Crippen molar-refractivity contribution >= 4 is 11.6 Å². The summed E-state index contributed by atoms with van der Waals surface area (Å²) in [5.41, 5.74) is 0.866. The Balaban J connectivity index is 1.63. The number of aryl methyl sites for hydroxylation is 1. The fourth-order valence-electron chi connectivity index (χ4n) is 2.77. The predicted molar refractivity (Wildman–Crippen MR) is 84.5 cm³/mol. The van der Waals surface area contributed by atoms with Gasteiger partial charge in [0.2, 0.25) is 5.91 Å². The van der Waals surface area contributed by atoms with Crippen molar-refractivity contribution in [3.63, 3.8) is 0 Å². The Kier molecular flexibility index (Phi) is 4.53. The standard InChI is InChI=1S/C17H21N3O2/c1-2-14-7-8-15(22-14)12-19-16-6-4-10-20(17(16)21)13-5-3-9-18-11-13/h3,5,7-9,11,16,19H,2,4,6,10,12H2,1H3/t16-/m1/s1. The highest BCUT2D eigenvalue weighted by Crippen LogP contribution is 2.20. The molecule has 0 bridgehead atoms. The van der Waals surface area contributed by atoms with Crippen molar-refractivity contribution < 1.29 is 9.21 Å². The van der Waals surface area contributed by atoms with Gasteiger partial charge in [0.15, 0.2) is 0 Å². The van der Waals surface area contributed by atoms with Crippen LogP contribution in [0.3, 0.4) is 0 Å². The van der Waals surface area contributed by atoms with Crippen LogP contribution in [0.15, 0.2) is 41.1 Å². The molecule has 1 N–H and O–H groups in total. The van der Waals surface area contributed by atoms with E-state index >= 15 is 0 Å². The fourth-order valence-corrected chi connectivity index (χ4v) is 2.77. The zero-order chi connectivity index (χ0) is 15.4. The molecule has 0 radical (unpaired) electrons. The Hall–Kier alpha value is -2.14. The monoisotopic (exact) mass is 299 g/mol. The molecule has 22 heavy (non-hydrogen) atoms. The second-order valence-electron chi connectivity index (χ2n) is 5.50.